The summed E-state index contributed by atoms with van der Waals surface area (Å²) < 4.78 is 0. The lowest BCUT2D eigenvalue weighted by Gasteiger charge is -2.12. The quantitative estimate of drug-likeness (QED) is 0.693. The number of H-pyrrole nitrogens is 1. The van der Waals surface area contributed by atoms with Gasteiger partial charge in [-0.3, -0.25) is 4.79 Å². The lowest BCUT2D eigenvalue weighted by Crippen LogP contribution is -2.20. The van der Waals surface area contributed by atoms with Crippen LogP contribution < -0.4 is 5.32 Å². The number of carboxylic acid groups (broad SMARTS) is 1. The molecule has 6 nitrogen and oxygen atoms in total. The lowest BCUT2D eigenvalue weighted by atomic mass is 9.98. The molecule has 2 heterocycles. The molecule has 0 aliphatic carbocycles. The minimum absolute atomic E-state index is 0.0705. The van der Waals surface area contributed by atoms with Crippen LogP contribution in [0, 0.1) is 6.92 Å². The van der Waals surface area contributed by atoms with E-state index >= 15 is 0 Å². The lowest BCUT2D eigenvalue weighted by molar-refractivity contribution is 0.0696. The largest absolute Gasteiger partial charge is 0.478 e. The number of hydrogen-bond donors (Lipinski definition) is 3. The number of nitrogens with zero attached hydrogens (tertiary/aromatic N) is 1. The summed E-state index contributed by atoms with van der Waals surface area (Å²) in [7, 11) is 1.48. The average Bonchev–Trinajstić information content (AvgIpc) is 3.02. The number of nitrogens with one attached hydrogen (secondary N) is 2. The van der Waals surface area contributed by atoms with Crippen LogP contribution in [0.15, 0.2) is 36.5 Å². The van der Waals surface area contributed by atoms with Crippen LogP contribution in [0.5, 0.6) is 0 Å². The van der Waals surface area contributed by atoms with Crippen molar-refractivity contribution in [1.82, 2.24) is 15.3 Å². The van der Waals surface area contributed by atoms with Crippen molar-refractivity contribution in [1.29, 1.82) is 0 Å². The van der Waals surface area contributed by atoms with Crippen molar-refractivity contribution in [3.63, 3.8) is 0 Å². The van der Waals surface area contributed by atoms with Crippen molar-refractivity contribution in [2.45, 2.75) is 6.92 Å². The molecule has 2 aromatic heterocycles. The van der Waals surface area contributed by atoms with Gasteiger partial charge in [-0.25, -0.2) is 9.78 Å². The van der Waals surface area contributed by atoms with E-state index in [1.165, 1.54) is 13.1 Å². The van der Waals surface area contributed by atoms with Gasteiger partial charge in [-0.1, -0.05) is 12.1 Å². The second-order valence-corrected chi connectivity index (χ2v) is 5.16. The van der Waals surface area contributed by atoms with Crippen LogP contribution in [-0.4, -0.2) is 34.0 Å². The molecule has 3 rings (SSSR count). The number of benzene rings is 1. The number of hydrogen-bond acceptors (Lipinski definition) is 3. The summed E-state index contributed by atoms with van der Waals surface area (Å²) in [5.41, 5.74) is 2.88. The summed E-state index contributed by atoms with van der Waals surface area (Å²) in [4.78, 5) is 30.9. The van der Waals surface area contributed by atoms with Crippen LogP contribution in [0.3, 0.4) is 0 Å². The Bertz CT molecular complexity index is 928. The van der Waals surface area contributed by atoms with Gasteiger partial charge in [-0.05, 0) is 30.7 Å². The molecule has 116 valence electrons. The number of aromatic amines is 1. The number of carboxylic acids is 1. The van der Waals surface area contributed by atoms with E-state index in [1.807, 2.05) is 30.5 Å². The van der Waals surface area contributed by atoms with E-state index in [2.05, 4.69) is 15.3 Å². The van der Waals surface area contributed by atoms with E-state index in [9.17, 15) is 14.7 Å². The fourth-order valence-electron chi connectivity index (χ4n) is 2.63. The molecular formula is C17H15N3O3. The maximum Gasteiger partial charge on any atom is 0.336 e. The molecule has 1 aromatic carbocycles. The predicted octanol–water partition coefficient (Wildman–Crippen LogP) is 2.60. The van der Waals surface area contributed by atoms with Crippen molar-refractivity contribution in [3.05, 3.63) is 53.3 Å². The Balaban J connectivity index is 2.34. The van der Waals surface area contributed by atoms with E-state index < -0.39 is 11.9 Å². The third kappa shape index (κ3) is 2.44. The maximum atomic E-state index is 11.9. The highest BCUT2D eigenvalue weighted by Crippen LogP contribution is 2.31. The molecule has 23 heavy (non-hydrogen) atoms. The Labute approximate surface area is 132 Å². The SMILES string of the molecule is CNC(=O)c1cc(C(=O)O)c(C)c(-c2cccc3[nH]ccc23)n1. The highest BCUT2D eigenvalue weighted by atomic mass is 16.4. The Hall–Kier alpha value is -3.15. The Morgan fingerprint density at radius 2 is 2.04 bits per heavy atom. The highest BCUT2D eigenvalue weighted by molar-refractivity contribution is 6.01. The van der Waals surface area contributed by atoms with Crippen LogP contribution >= 0.6 is 0 Å². The van der Waals surface area contributed by atoms with Crippen LogP contribution in [0.2, 0.25) is 0 Å². The molecule has 0 unspecified atom stereocenters. The first-order valence-electron chi connectivity index (χ1n) is 7.06. The summed E-state index contributed by atoms with van der Waals surface area (Å²) in [6.45, 7) is 1.70. The fraction of sp³-hybridized carbons (Fsp3) is 0.118. The van der Waals surface area contributed by atoms with Crippen molar-refractivity contribution in [2.75, 3.05) is 7.05 Å². The van der Waals surface area contributed by atoms with Gasteiger partial charge in [0.05, 0.1) is 11.3 Å². The molecule has 0 aliphatic rings. The summed E-state index contributed by atoms with van der Waals surface area (Å²) >= 11 is 0. The summed E-state index contributed by atoms with van der Waals surface area (Å²) in [5, 5.41) is 12.8. The Kier molecular flexibility index (Phi) is 3.57. The average molecular weight is 309 g/mol. The molecule has 3 aromatic rings. The first-order chi connectivity index (χ1) is 11.0. The summed E-state index contributed by atoms with van der Waals surface area (Å²) in [5.74, 6) is -1.51. The molecule has 0 radical (unpaired) electrons. The van der Waals surface area contributed by atoms with Gasteiger partial charge < -0.3 is 15.4 Å². The standard InChI is InChI=1S/C17H15N3O3/c1-9-12(17(22)23)8-14(16(21)18-2)20-15(9)11-4-3-5-13-10(11)6-7-19-13/h3-8,19H,1-2H3,(H,18,21)(H,22,23). The van der Waals surface area contributed by atoms with E-state index in [1.54, 1.807) is 6.92 Å². The van der Waals surface area contributed by atoms with Crippen molar-refractivity contribution < 1.29 is 14.7 Å². The third-order valence-corrected chi connectivity index (χ3v) is 3.81. The summed E-state index contributed by atoms with van der Waals surface area (Å²) in [6, 6.07) is 8.86. The van der Waals surface area contributed by atoms with Crippen LogP contribution in [0.4, 0.5) is 0 Å². The van der Waals surface area contributed by atoms with Crippen molar-refractivity contribution >= 4 is 22.8 Å². The number of rotatable bonds is 3. The van der Waals surface area contributed by atoms with E-state index in [0.29, 0.717) is 11.3 Å². The first kappa shape index (κ1) is 14.8. The molecular weight excluding hydrogens is 294 g/mol. The van der Waals surface area contributed by atoms with Crippen molar-refractivity contribution in [2.24, 2.45) is 0 Å². The molecule has 0 saturated heterocycles. The second-order valence-electron chi connectivity index (χ2n) is 5.16. The zero-order valence-electron chi connectivity index (χ0n) is 12.7. The van der Waals surface area contributed by atoms with Gasteiger partial charge in [0.15, 0.2) is 0 Å². The minimum Gasteiger partial charge on any atom is -0.478 e. The molecule has 0 bridgehead atoms. The van der Waals surface area contributed by atoms with E-state index in [4.69, 9.17) is 0 Å². The van der Waals surface area contributed by atoms with Gasteiger partial charge in [-0.15, -0.1) is 0 Å². The second kappa shape index (κ2) is 5.57. The summed E-state index contributed by atoms with van der Waals surface area (Å²) in [6.07, 6.45) is 1.81. The van der Waals surface area contributed by atoms with Crippen LogP contribution in [0.1, 0.15) is 26.4 Å². The zero-order chi connectivity index (χ0) is 16.6. The molecule has 0 fully saturated rings. The van der Waals surface area contributed by atoms with Gasteiger partial charge in [0.1, 0.15) is 5.69 Å². The topological polar surface area (TPSA) is 95.1 Å². The Morgan fingerprint density at radius 3 is 2.74 bits per heavy atom. The molecule has 0 aliphatic heterocycles. The van der Waals surface area contributed by atoms with Crippen LogP contribution in [0.25, 0.3) is 22.2 Å². The molecule has 0 saturated carbocycles. The van der Waals surface area contributed by atoms with Gasteiger partial charge in [0.25, 0.3) is 5.91 Å². The number of aromatic nitrogens is 2. The van der Waals surface area contributed by atoms with Crippen LogP contribution in [-0.2, 0) is 0 Å². The zero-order valence-corrected chi connectivity index (χ0v) is 12.7. The fourth-order valence-corrected chi connectivity index (χ4v) is 2.63. The molecule has 0 spiro atoms. The monoisotopic (exact) mass is 309 g/mol. The maximum absolute atomic E-state index is 11.9. The number of pyridine rings is 1. The number of carbonyl (C=O) groups excluding carboxylic acids is 1. The van der Waals surface area contributed by atoms with E-state index in [0.717, 1.165) is 16.5 Å². The van der Waals surface area contributed by atoms with Gasteiger partial charge in [-0.2, -0.15) is 0 Å². The van der Waals surface area contributed by atoms with Crippen molar-refractivity contribution in [3.8, 4) is 11.3 Å². The number of carbonyl (C=O) groups is 2. The molecule has 1 amide bonds. The minimum atomic E-state index is -1.09. The third-order valence-electron chi connectivity index (χ3n) is 3.81. The molecule has 0 atom stereocenters. The molecule has 3 N–H and O–H groups in total. The Morgan fingerprint density at radius 1 is 1.26 bits per heavy atom. The highest BCUT2D eigenvalue weighted by Gasteiger charge is 2.19. The predicted molar refractivity (Wildman–Crippen MR) is 86.6 cm³/mol. The first-order valence-corrected chi connectivity index (χ1v) is 7.06. The van der Waals surface area contributed by atoms with Gasteiger partial charge in [0, 0.05) is 29.7 Å². The van der Waals surface area contributed by atoms with Gasteiger partial charge in [0.2, 0.25) is 0 Å². The smallest absolute Gasteiger partial charge is 0.336 e. The van der Waals surface area contributed by atoms with Gasteiger partial charge >= 0.3 is 5.97 Å². The number of fused-ring (bicyclic) bond motifs is 1. The molecule has 6 heteroatoms. The normalized spacial score (nSPS) is 10.7. The number of amides is 1. The van der Waals surface area contributed by atoms with E-state index in [-0.39, 0.29) is 11.3 Å². The number of aromatic carboxylic acids is 1.